The fraction of sp³-hybridized carbons (Fsp3) is 0.227. The molecule has 1 atom stereocenters. The topological polar surface area (TPSA) is 41.4 Å². The number of nitrogens with zero attached hydrogens (tertiary/aromatic N) is 4. The summed E-state index contributed by atoms with van der Waals surface area (Å²) in [5.74, 6) is -0.458. The Hall–Kier alpha value is -3.15. The Morgan fingerprint density at radius 3 is 2.14 bits per heavy atom. The first-order chi connectivity index (χ1) is 13.5. The van der Waals surface area contributed by atoms with Crippen LogP contribution in [0, 0.1) is 11.6 Å². The molecule has 1 unspecified atom stereocenters. The molecular weight excluding hydrogens is 358 g/mol. The van der Waals surface area contributed by atoms with Gasteiger partial charge in [0.05, 0.1) is 11.6 Å². The zero-order valence-electron chi connectivity index (χ0n) is 15.7. The summed E-state index contributed by atoms with van der Waals surface area (Å²) < 4.78 is 28.0. The molecule has 0 radical (unpaired) electrons. The van der Waals surface area contributed by atoms with Gasteiger partial charge in [-0.2, -0.15) is 0 Å². The fourth-order valence-electron chi connectivity index (χ4n) is 3.39. The molecule has 1 aromatic heterocycles. The van der Waals surface area contributed by atoms with Gasteiger partial charge < -0.3 is 4.90 Å². The summed E-state index contributed by atoms with van der Waals surface area (Å²) in [5.41, 5.74) is 3.47. The fourth-order valence-corrected chi connectivity index (χ4v) is 3.39. The van der Waals surface area contributed by atoms with E-state index in [0.717, 1.165) is 23.1 Å². The van der Waals surface area contributed by atoms with Gasteiger partial charge in [-0.1, -0.05) is 30.3 Å². The van der Waals surface area contributed by atoms with Crippen LogP contribution in [0.1, 0.15) is 30.0 Å². The summed E-state index contributed by atoms with van der Waals surface area (Å²) >= 11 is 0. The summed E-state index contributed by atoms with van der Waals surface area (Å²) in [6.45, 7) is 0. The SMILES string of the molecule is CN(C)c1ncc(-c2ccc(C3CCC(c4c(F)cccc4F)=N3)cc2)cn1. The molecule has 3 aromatic rings. The average Bonchev–Trinajstić information content (AvgIpc) is 3.18. The maximum Gasteiger partial charge on any atom is 0.224 e. The van der Waals surface area contributed by atoms with Crippen LogP contribution in [0.25, 0.3) is 11.1 Å². The van der Waals surface area contributed by atoms with E-state index in [9.17, 15) is 8.78 Å². The van der Waals surface area contributed by atoms with E-state index in [4.69, 9.17) is 0 Å². The molecule has 28 heavy (non-hydrogen) atoms. The van der Waals surface area contributed by atoms with Gasteiger partial charge in [0.1, 0.15) is 11.6 Å². The third kappa shape index (κ3) is 3.50. The number of hydrogen-bond acceptors (Lipinski definition) is 4. The van der Waals surface area contributed by atoms with Crippen molar-refractivity contribution in [1.82, 2.24) is 9.97 Å². The number of benzene rings is 2. The number of aliphatic imine (C=N–C) groups is 1. The van der Waals surface area contributed by atoms with Gasteiger partial charge in [-0.05, 0) is 36.1 Å². The normalized spacial score (nSPS) is 16.1. The highest BCUT2D eigenvalue weighted by Crippen LogP contribution is 2.33. The molecule has 1 aliphatic rings. The van der Waals surface area contributed by atoms with Crippen molar-refractivity contribution < 1.29 is 8.78 Å². The molecular formula is C22H20F2N4. The molecule has 2 heterocycles. The van der Waals surface area contributed by atoms with Crippen LogP contribution < -0.4 is 4.90 Å². The lowest BCUT2D eigenvalue weighted by molar-refractivity contribution is 0.578. The Balaban J connectivity index is 1.55. The van der Waals surface area contributed by atoms with Gasteiger partial charge in [-0.25, -0.2) is 18.7 Å². The van der Waals surface area contributed by atoms with E-state index in [1.807, 2.05) is 43.3 Å². The number of rotatable bonds is 4. The molecule has 2 aromatic carbocycles. The molecule has 0 saturated heterocycles. The number of anilines is 1. The van der Waals surface area contributed by atoms with Gasteiger partial charge in [-0.3, -0.25) is 4.99 Å². The molecule has 0 aliphatic carbocycles. The van der Waals surface area contributed by atoms with Crippen LogP contribution in [0.2, 0.25) is 0 Å². The second-order valence-electron chi connectivity index (χ2n) is 7.02. The molecule has 0 saturated carbocycles. The smallest absolute Gasteiger partial charge is 0.224 e. The van der Waals surface area contributed by atoms with Crippen molar-refractivity contribution in [1.29, 1.82) is 0 Å². The van der Waals surface area contributed by atoms with E-state index in [0.29, 0.717) is 18.1 Å². The lowest BCUT2D eigenvalue weighted by atomic mass is 10.0. The van der Waals surface area contributed by atoms with Gasteiger partial charge >= 0.3 is 0 Å². The van der Waals surface area contributed by atoms with E-state index in [1.165, 1.54) is 18.2 Å². The lowest BCUT2D eigenvalue weighted by Gasteiger charge is -2.11. The Kier molecular flexibility index (Phi) is 4.86. The molecule has 0 spiro atoms. The molecule has 0 amide bonds. The Labute approximate surface area is 162 Å². The lowest BCUT2D eigenvalue weighted by Crippen LogP contribution is -2.12. The highest BCUT2D eigenvalue weighted by atomic mass is 19.1. The number of hydrogen-bond donors (Lipinski definition) is 0. The van der Waals surface area contributed by atoms with Crippen LogP contribution >= 0.6 is 0 Å². The maximum absolute atomic E-state index is 14.0. The summed E-state index contributed by atoms with van der Waals surface area (Å²) in [6.07, 6.45) is 4.89. The second-order valence-corrected chi connectivity index (χ2v) is 7.02. The minimum atomic E-state index is -0.559. The van der Waals surface area contributed by atoms with E-state index in [1.54, 1.807) is 12.4 Å². The Morgan fingerprint density at radius 2 is 1.54 bits per heavy atom. The monoisotopic (exact) mass is 378 g/mol. The zero-order valence-corrected chi connectivity index (χ0v) is 15.7. The van der Waals surface area contributed by atoms with E-state index < -0.39 is 11.6 Å². The maximum atomic E-state index is 14.0. The Bertz CT molecular complexity index is 991. The number of halogens is 2. The second kappa shape index (κ2) is 7.46. The van der Waals surface area contributed by atoms with Gasteiger partial charge in [0.15, 0.2) is 0 Å². The largest absolute Gasteiger partial charge is 0.347 e. The van der Waals surface area contributed by atoms with E-state index >= 15 is 0 Å². The molecule has 0 fully saturated rings. The number of aromatic nitrogens is 2. The molecule has 1 aliphatic heterocycles. The first kappa shape index (κ1) is 18.2. The van der Waals surface area contributed by atoms with E-state index in [-0.39, 0.29) is 11.6 Å². The van der Waals surface area contributed by atoms with Crippen molar-refractivity contribution in [2.24, 2.45) is 4.99 Å². The third-order valence-electron chi connectivity index (χ3n) is 4.88. The van der Waals surface area contributed by atoms with Crippen LogP contribution in [-0.2, 0) is 0 Å². The van der Waals surface area contributed by atoms with Crippen LogP contribution in [0.3, 0.4) is 0 Å². The van der Waals surface area contributed by atoms with Crippen molar-refractivity contribution in [2.45, 2.75) is 18.9 Å². The van der Waals surface area contributed by atoms with Crippen LogP contribution in [-0.4, -0.2) is 29.8 Å². The molecule has 0 bridgehead atoms. The summed E-state index contributed by atoms with van der Waals surface area (Å²) in [5, 5.41) is 0. The predicted molar refractivity (Wildman–Crippen MR) is 107 cm³/mol. The van der Waals surface area contributed by atoms with Crippen LogP contribution in [0.15, 0.2) is 59.9 Å². The van der Waals surface area contributed by atoms with Crippen LogP contribution in [0.4, 0.5) is 14.7 Å². The van der Waals surface area contributed by atoms with Gasteiger partial charge in [-0.15, -0.1) is 0 Å². The third-order valence-corrected chi connectivity index (χ3v) is 4.88. The predicted octanol–water partition coefficient (Wildman–Crippen LogP) is 4.81. The minimum Gasteiger partial charge on any atom is -0.347 e. The highest BCUT2D eigenvalue weighted by Gasteiger charge is 2.24. The summed E-state index contributed by atoms with van der Waals surface area (Å²) in [7, 11) is 3.79. The zero-order chi connectivity index (χ0) is 19.7. The molecule has 4 nitrogen and oxygen atoms in total. The first-order valence-electron chi connectivity index (χ1n) is 9.13. The quantitative estimate of drug-likeness (QED) is 0.654. The molecule has 0 N–H and O–H groups in total. The van der Waals surface area contributed by atoms with E-state index in [2.05, 4.69) is 15.0 Å². The van der Waals surface area contributed by atoms with Gasteiger partial charge in [0, 0.05) is 37.8 Å². The van der Waals surface area contributed by atoms with Gasteiger partial charge in [0.2, 0.25) is 5.95 Å². The van der Waals surface area contributed by atoms with Crippen molar-refractivity contribution >= 4 is 11.7 Å². The van der Waals surface area contributed by atoms with Crippen molar-refractivity contribution in [3.05, 3.63) is 77.6 Å². The summed E-state index contributed by atoms with van der Waals surface area (Å²) in [4.78, 5) is 15.1. The van der Waals surface area contributed by atoms with Crippen molar-refractivity contribution in [3.8, 4) is 11.1 Å². The highest BCUT2D eigenvalue weighted by molar-refractivity contribution is 6.02. The molecule has 6 heteroatoms. The van der Waals surface area contributed by atoms with Crippen molar-refractivity contribution in [2.75, 3.05) is 19.0 Å². The van der Waals surface area contributed by atoms with Crippen LogP contribution in [0.5, 0.6) is 0 Å². The Morgan fingerprint density at radius 1 is 0.893 bits per heavy atom. The standard InChI is InChI=1S/C22H20F2N4/c1-28(2)22-25-12-16(13-26-22)14-6-8-15(9-7-14)19-10-11-20(27-19)21-17(23)4-3-5-18(21)24/h3-9,12-13,19H,10-11H2,1-2H3. The molecule has 142 valence electrons. The first-order valence-corrected chi connectivity index (χ1v) is 9.13. The molecule has 4 rings (SSSR count). The minimum absolute atomic E-state index is 0.000231. The van der Waals surface area contributed by atoms with Crippen molar-refractivity contribution in [3.63, 3.8) is 0 Å². The average molecular weight is 378 g/mol. The summed E-state index contributed by atoms with van der Waals surface area (Å²) in [6, 6.07) is 11.8. The van der Waals surface area contributed by atoms with Gasteiger partial charge in [0.25, 0.3) is 0 Å².